The van der Waals surface area contributed by atoms with Gasteiger partial charge in [-0.1, -0.05) is 19.8 Å². The van der Waals surface area contributed by atoms with Gasteiger partial charge in [-0.25, -0.2) is 0 Å². The van der Waals surface area contributed by atoms with E-state index in [-0.39, 0.29) is 0 Å². The fourth-order valence-electron chi connectivity index (χ4n) is 3.07. The van der Waals surface area contributed by atoms with Crippen LogP contribution in [-0.4, -0.2) is 35.3 Å². The van der Waals surface area contributed by atoms with E-state index in [2.05, 4.69) is 53.3 Å². The molecule has 1 saturated carbocycles. The Bertz CT molecular complexity index is 616. The van der Waals surface area contributed by atoms with E-state index in [1.165, 1.54) is 43.2 Å². The first kappa shape index (κ1) is 17.0. The SMILES string of the molecule is CCCCN(C)Cc1cn[nH]c1-c1ccc(OCC2CCC2)cc1. The lowest BCUT2D eigenvalue weighted by Crippen LogP contribution is -2.19. The molecule has 0 bridgehead atoms. The van der Waals surface area contributed by atoms with E-state index in [1.807, 2.05) is 6.20 Å². The zero-order valence-corrected chi connectivity index (χ0v) is 14.9. The summed E-state index contributed by atoms with van der Waals surface area (Å²) in [6.07, 6.45) is 8.41. The van der Waals surface area contributed by atoms with Gasteiger partial charge in [0.15, 0.2) is 0 Å². The Hall–Kier alpha value is -1.81. The minimum absolute atomic E-state index is 0.766. The van der Waals surface area contributed by atoms with Crippen LogP contribution >= 0.6 is 0 Å². The van der Waals surface area contributed by atoms with Crippen LogP contribution < -0.4 is 4.74 Å². The Balaban J connectivity index is 1.60. The molecule has 0 amide bonds. The molecule has 1 aliphatic rings. The average Bonchev–Trinajstić information content (AvgIpc) is 3.00. The summed E-state index contributed by atoms with van der Waals surface area (Å²) in [5.41, 5.74) is 3.53. The molecule has 1 fully saturated rings. The van der Waals surface area contributed by atoms with Crippen LogP contribution in [0.3, 0.4) is 0 Å². The summed E-state index contributed by atoms with van der Waals surface area (Å²) in [7, 11) is 2.17. The maximum absolute atomic E-state index is 5.89. The van der Waals surface area contributed by atoms with Crippen LogP contribution in [0.25, 0.3) is 11.3 Å². The molecule has 24 heavy (non-hydrogen) atoms. The number of nitrogens with zero attached hydrogens (tertiary/aromatic N) is 2. The highest BCUT2D eigenvalue weighted by molar-refractivity contribution is 5.63. The Kier molecular flexibility index (Phi) is 5.91. The third kappa shape index (κ3) is 4.38. The van der Waals surface area contributed by atoms with Gasteiger partial charge in [-0.05, 0) is 63.0 Å². The molecule has 0 saturated heterocycles. The van der Waals surface area contributed by atoms with Crippen molar-refractivity contribution in [1.82, 2.24) is 15.1 Å². The third-order valence-electron chi connectivity index (χ3n) is 4.90. The Morgan fingerprint density at radius 1 is 1.25 bits per heavy atom. The minimum atomic E-state index is 0.766. The summed E-state index contributed by atoms with van der Waals surface area (Å²) >= 11 is 0. The number of rotatable bonds is 9. The third-order valence-corrected chi connectivity index (χ3v) is 4.90. The molecule has 1 heterocycles. The highest BCUT2D eigenvalue weighted by Crippen LogP contribution is 2.28. The van der Waals surface area contributed by atoms with E-state index in [1.54, 1.807) is 0 Å². The second-order valence-electron chi connectivity index (χ2n) is 6.99. The quantitative estimate of drug-likeness (QED) is 0.738. The second-order valence-corrected chi connectivity index (χ2v) is 6.99. The molecule has 0 unspecified atom stereocenters. The second kappa shape index (κ2) is 8.34. The summed E-state index contributed by atoms with van der Waals surface area (Å²) in [6.45, 7) is 5.13. The van der Waals surface area contributed by atoms with E-state index in [0.29, 0.717) is 0 Å². The zero-order valence-electron chi connectivity index (χ0n) is 14.9. The van der Waals surface area contributed by atoms with Crippen molar-refractivity contribution in [2.24, 2.45) is 5.92 Å². The molecule has 130 valence electrons. The van der Waals surface area contributed by atoms with E-state index >= 15 is 0 Å². The lowest BCUT2D eigenvalue weighted by atomic mass is 9.86. The smallest absolute Gasteiger partial charge is 0.119 e. The van der Waals surface area contributed by atoms with Gasteiger partial charge in [0, 0.05) is 17.7 Å². The van der Waals surface area contributed by atoms with Gasteiger partial charge in [0.05, 0.1) is 18.5 Å². The monoisotopic (exact) mass is 327 g/mol. The molecule has 2 aromatic rings. The molecular formula is C20H29N3O. The summed E-state index contributed by atoms with van der Waals surface area (Å²) in [5, 5.41) is 7.40. The van der Waals surface area contributed by atoms with Crippen molar-refractivity contribution >= 4 is 0 Å². The number of aromatic nitrogens is 2. The van der Waals surface area contributed by atoms with Gasteiger partial charge in [0.25, 0.3) is 0 Å². The number of benzene rings is 1. The predicted octanol–water partition coefficient (Wildman–Crippen LogP) is 4.49. The van der Waals surface area contributed by atoms with E-state index in [9.17, 15) is 0 Å². The molecule has 0 atom stereocenters. The lowest BCUT2D eigenvalue weighted by Gasteiger charge is -2.25. The highest BCUT2D eigenvalue weighted by Gasteiger charge is 2.18. The number of ether oxygens (including phenoxy) is 1. The summed E-state index contributed by atoms with van der Waals surface area (Å²) < 4.78 is 5.89. The van der Waals surface area contributed by atoms with Crippen LogP contribution in [0.15, 0.2) is 30.5 Å². The standard InChI is InChI=1S/C20H29N3O/c1-3-4-12-23(2)14-18-13-21-22-20(18)17-8-10-19(11-9-17)24-15-16-6-5-7-16/h8-11,13,16H,3-7,12,14-15H2,1-2H3,(H,21,22). The predicted molar refractivity (Wildman–Crippen MR) is 98.1 cm³/mol. The van der Waals surface area contributed by atoms with Gasteiger partial charge in [-0.3, -0.25) is 5.10 Å². The van der Waals surface area contributed by atoms with Gasteiger partial charge in [0.1, 0.15) is 5.75 Å². The molecule has 1 aliphatic carbocycles. The number of nitrogens with one attached hydrogen (secondary N) is 1. The van der Waals surface area contributed by atoms with Crippen molar-refractivity contribution in [3.63, 3.8) is 0 Å². The van der Waals surface area contributed by atoms with Crippen molar-refractivity contribution < 1.29 is 4.74 Å². The topological polar surface area (TPSA) is 41.2 Å². The fraction of sp³-hybridized carbons (Fsp3) is 0.550. The summed E-state index contributed by atoms with van der Waals surface area (Å²) in [4.78, 5) is 2.36. The molecule has 3 rings (SSSR count). The van der Waals surface area contributed by atoms with Crippen molar-refractivity contribution in [1.29, 1.82) is 0 Å². The number of hydrogen-bond donors (Lipinski definition) is 1. The Morgan fingerprint density at radius 2 is 2.04 bits per heavy atom. The van der Waals surface area contributed by atoms with E-state index in [0.717, 1.165) is 37.1 Å². The van der Waals surface area contributed by atoms with Crippen LogP contribution in [0.5, 0.6) is 5.75 Å². The average molecular weight is 327 g/mol. The van der Waals surface area contributed by atoms with Gasteiger partial charge < -0.3 is 9.64 Å². The largest absolute Gasteiger partial charge is 0.493 e. The van der Waals surface area contributed by atoms with Crippen LogP contribution in [-0.2, 0) is 6.54 Å². The number of aromatic amines is 1. The highest BCUT2D eigenvalue weighted by atomic mass is 16.5. The van der Waals surface area contributed by atoms with Crippen LogP contribution in [0, 0.1) is 5.92 Å². The maximum Gasteiger partial charge on any atom is 0.119 e. The molecule has 1 aromatic carbocycles. The van der Waals surface area contributed by atoms with Gasteiger partial charge in [-0.15, -0.1) is 0 Å². The van der Waals surface area contributed by atoms with Crippen LogP contribution in [0.2, 0.25) is 0 Å². The number of H-pyrrole nitrogens is 1. The molecule has 0 radical (unpaired) electrons. The molecule has 0 aliphatic heterocycles. The number of hydrogen-bond acceptors (Lipinski definition) is 3. The summed E-state index contributed by atoms with van der Waals surface area (Å²) in [6, 6.07) is 8.39. The minimum Gasteiger partial charge on any atom is -0.493 e. The number of unbranched alkanes of at least 4 members (excludes halogenated alkanes) is 1. The van der Waals surface area contributed by atoms with E-state index < -0.39 is 0 Å². The van der Waals surface area contributed by atoms with Crippen molar-refractivity contribution in [3.05, 3.63) is 36.0 Å². The molecular weight excluding hydrogens is 298 g/mol. The fourth-order valence-corrected chi connectivity index (χ4v) is 3.07. The molecule has 1 N–H and O–H groups in total. The van der Waals surface area contributed by atoms with Gasteiger partial charge >= 0.3 is 0 Å². The van der Waals surface area contributed by atoms with Gasteiger partial charge in [0.2, 0.25) is 0 Å². The summed E-state index contributed by atoms with van der Waals surface area (Å²) in [5.74, 6) is 1.73. The Labute approximate surface area is 145 Å². The van der Waals surface area contributed by atoms with Gasteiger partial charge in [-0.2, -0.15) is 5.10 Å². The lowest BCUT2D eigenvalue weighted by molar-refractivity contribution is 0.180. The molecule has 1 aromatic heterocycles. The Morgan fingerprint density at radius 3 is 2.71 bits per heavy atom. The zero-order chi connectivity index (χ0) is 16.8. The molecule has 4 heteroatoms. The first-order chi connectivity index (χ1) is 11.8. The van der Waals surface area contributed by atoms with Crippen molar-refractivity contribution in [2.45, 2.75) is 45.6 Å². The normalized spacial score (nSPS) is 14.8. The first-order valence-electron chi connectivity index (χ1n) is 9.20. The van der Waals surface area contributed by atoms with Crippen LogP contribution in [0.4, 0.5) is 0 Å². The maximum atomic E-state index is 5.89. The molecule has 0 spiro atoms. The van der Waals surface area contributed by atoms with Crippen molar-refractivity contribution in [2.75, 3.05) is 20.2 Å². The van der Waals surface area contributed by atoms with Crippen molar-refractivity contribution in [3.8, 4) is 17.0 Å². The van der Waals surface area contributed by atoms with E-state index in [4.69, 9.17) is 4.74 Å². The molecule has 4 nitrogen and oxygen atoms in total. The first-order valence-corrected chi connectivity index (χ1v) is 9.20. The van der Waals surface area contributed by atoms with Crippen LogP contribution in [0.1, 0.15) is 44.6 Å².